The fraction of sp³-hybridized carbons (Fsp3) is 0.0588. The zero-order valence-corrected chi connectivity index (χ0v) is 13.6. The molecule has 0 radical (unpaired) electrons. The Kier molecular flexibility index (Phi) is 5.28. The molecule has 2 aromatic rings. The summed E-state index contributed by atoms with van der Waals surface area (Å²) in [6, 6.07) is 11.7. The summed E-state index contributed by atoms with van der Waals surface area (Å²) in [7, 11) is -2.32. The Morgan fingerprint density at radius 2 is 1.71 bits per heavy atom. The highest BCUT2D eigenvalue weighted by Gasteiger charge is 2.13. The molecule has 6 nitrogen and oxygen atoms in total. The van der Waals surface area contributed by atoms with Gasteiger partial charge in [0.1, 0.15) is 0 Å². The zero-order chi connectivity index (χ0) is 17.7. The minimum Gasteiger partial charge on any atom is -0.478 e. The lowest BCUT2D eigenvalue weighted by Crippen LogP contribution is -2.18. The summed E-state index contributed by atoms with van der Waals surface area (Å²) in [4.78, 5) is 22.9. The Labute approximate surface area is 139 Å². The summed E-state index contributed by atoms with van der Waals surface area (Å²) < 4.78 is 25.7. The molecule has 0 bridgehead atoms. The second kappa shape index (κ2) is 7.20. The quantitative estimate of drug-likeness (QED) is 0.617. The van der Waals surface area contributed by atoms with Crippen LogP contribution in [0.4, 0.5) is 0 Å². The van der Waals surface area contributed by atoms with Gasteiger partial charge < -0.3 is 5.11 Å². The highest BCUT2D eigenvalue weighted by Crippen LogP contribution is 2.13. The van der Waals surface area contributed by atoms with Gasteiger partial charge in [-0.15, -0.1) is 0 Å². The van der Waals surface area contributed by atoms with Crippen molar-refractivity contribution in [1.82, 2.24) is 4.72 Å². The highest BCUT2D eigenvalue weighted by atomic mass is 32.2. The van der Waals surface area contributed by atoms with Crippen molar-refractivity contribution in [2.75, 3.05) is 7.05 Å². The lowest BCUT2D eigenvalue weighted by Gasteiger charge is -2.03. The predicted molar refractivity (Wildman–Crippen MR) is 89.5 cm³/mol. The molecule has 0 amide bonds. The molecule has 0 aliphatic carbocycles. The molecule has 0 saturated carbocycles. The average molecular weight is 345 g/mol. The Morgan fingerprint density at radius 1 is 1.04 bits per heavy atom. The number of rotatable bonds is 6. The molecule has 0 spiro atoms. The average Bonchev–Trinajstić information content (AvgIpc) is 2.60. The number of hydrogen-bond donors (Lipinski definition) is 2. The van der Waals surface area contributed by atoms with Crippen molar-refractivity contribution in [2.45, 2.75) is 4.90 Å². The maximum atomic E-state index is 12.2. The molecule has 0 aromatic heterocycles. The van der Waals surface area contributed by atoms with Gasteiger partial charge in [-0.25, -0.2) is 17.9 Å². The first-order valence-corrected chi connectivity index (χ1v) is 8.41. The molecule has 124 valence electrons. The Bertz CT molecular complexity index is 899. The highest BCUT2D eigenvalue weighted by molar-refractivity contribution is 7.89. The van der Waals surface area contributed by atoms with E-state index in [1.165, 1.54) is 55.6 Å². The third kappa shape index (κ3) is 4.15. The van der Waals surface area contributed by atoms with Crippen LogP contribution in [0.5, 0.6) is 0 Å². The molecule has 0 unspecified atom stereocenters. The van der Waals surface area contributed by atoms with Crippen LogP contribution >= 0.6 is 0 Å². The van der Waals surface area contributed by atoms with E-state index in [4.69, 9.17) is 5.11 Å². The van der Waals surface area contributed by atoms with Gasteiger partial charge in [0.25, 0.3) is 0 Å². The van der Waals surface area contributed by atoms with E-state index in [1.807, 2.05) is 0 Å². The summed E-state index contributed by atoms with van der Waals surface area (Å²) in [6.07, 6.45) is 2.84. The molecule has 0 atom stereocenters. The number of carboxylic acids is 1. The second-order valence-corrected chi connectivity index (χ2v) is 6.75. The van der Waals surface area contributed by atoms with E-state index < -0.39 is 16.0 Å². The van der Waals surface area contributed by atoms with E-state index >= 15 is 0 Å². The molecule has 2 aromatic carbocycles. The van der Waals surface area contributed by atoms with Crippen LogP contribution in [-0.2, 0) is 10.0 Å². The van der Waals surface area contributed by atoms with Crippen LogP contribution in [0, 0.1) is 0 Å². The molecular formula is C17H15NO5S. The number of carboxylic acid groups (broad SMARTS) is 1. The normalized spacial score (nSPS) is 11.5. The van der Waals surface area contributed by atoms with Crippen LogP contribution in [-0.4, -0.2) is 32.3 Å². The largest absolute Gasteiger partial charge is 0.478 e. The van der Waals surface area contributed by atoms with Crippen molar-refractivity contribution in [3.8, 4) is 0 Å². The Hall–Kier alpha value is -2.77. The molecule has 0 fully saturated rings. The first-order chi connectivity index (χ1) is 11.3. The van der Waals surface area contributed by atoms with Gasteiger partial charge >= 0.3 is 5.97 Å². The third-order valence-corrected chi connectivity index (χ3v) is 4.69. The molecule has 2 N–H and O–H groups in total. The van der Waals surface area contributed by atoms with E-state index in [1.54, 1.807) is 12.1 Å². The summed E-state index contributed by atoms with van der Waals surface area (Å²) in [5.74, 6) is -1.38. The number of ketones is 1. The smallest absolute Gasteiger partial charge is 0.335 e. The fourth-order valence-electron chi connectivity index (χ4n) is 1.94. The van der Waals surface area contributed by atoms with Crippen LogP contribution in [0.2, 0.25) is 0 Å². The molecule has 0 aliphatic heterocycles. The lowest BCUT2D eigenvalue weighted by molar-refractivity contribution is 0.0696. The molecule has 0 saturated heterocycles. The van der Waals surface area contributed by atoms with Crippen molar-refractivity contribution < 1.29 is 23.1 Å². The van der Waals surface area contributed by atoms with Gasteiger partial charge in [0.2, 0.25) is 10.0 Å². The van der Waals surface area contributed by atoms with Gasteiger partial charge in [-0.05, 0) is 43.0 Å². The first-order valence-electron chi connectivity index (χ1n) is 6.93. The van der Waals surface area contributed by atoms with Crippen molar-refractivity contribution >= 4 is 27.9 Å². The number of aromatic carboxylic acids is 1. The standard InChI is InChI=1S/C17H15NO5S/c1-18-24(22,23)15-4-2-3-14(11-15)16(19)10-7-12-5-8-13(9-6-12)17(20)21/h2-11,18H,1H3,(H,20,21). The van der Waals surface area contributed by atoms with Crippen LogP contribution < -0.4 is 4.72 Å². The molecule has 7 heteroatoms. The minimum absolute atomic E-state index is 0.00932. The molecular weight excluding hydrogens is 330 g/mol. The van der Waals surface area contributed by atoms with Crippen LogP contribution in [0.25, 0.3) is 6.08 Å². The maximum absolute atomic E-state index is 12.2. The van der Waals surface area contributed by atoms with Gasteiger partial charge in [-0.3, -0.25) is 4.79 Å². The number of carbonyl (C=O) groups is 2. The van der Waals surface area contributed by atoms with Gasteiger partial charge in [-0.1, -0.05) is 30.3 Å². The second-order valence-electron chi connectivity index (χ2n) is 4.86. The summed E-state index contributed by atoms with van der Waals surface area (Å²) in [6.45, 7) is 0. The number of carbonyl (C=O) groups excluding carboxylic acids is 1. The van der Waals surface area contributed by atoms with Crippen LogP contribution in [0.15, 0.2) is 59.5 Å². The van der Waals surface area contributed by atoms with Crippen molar-refractivity contribution in [3.05, 3.63) is 71.3 Å². The van der Waals surface area contributed by atoms with Gasteiger partial charge in [0.05, 0.1) is 10.5 Å². The number of allylic oxidation sites excluding steroid dienone is 1. The monoisotopic (exact) mass is 345 g/mol. The number of benzene rings is 2. The Balaban J connectivity index is 2.20. The SMILES string of the molecule is CNS(=O)(=O)c1cccc(C(=O)C=Cc2ccc(C(=O)O)cc2)c1. The first kappa shape index (κ1) is 17.6. The van der Waals surface area contributed by atoms with Gasteiger partial charge in [0.15, 0.2) is 5.78 Å². The number of sulfonamides is 1. The van der Waals surface area contributed by atoms with E-state index in [-0.39, 0.29) is 21.8 Å². The Morgan fingerprint density at radius 3 is 2.29 bits per heavy atom. The lowest BCUT2D eigenvalue weighted by atomic mass is 10.1. The number of nitrogens with one attached hydrogen (secondary N) is 1. The van der Waals surface area contributed by atoms with Crippen molar-refractivity contribution in [1.29, 1.82) is 0 Å². The fourth-order valence-corrected chi connectivity index (χ4v) is 2.71. The van der Waals surface area contributed by atoms with Crippen LogP contribution in [0.1, 0.15) is 26.3 Å². The van der Waals surface area contributed by atoms with Gasteiger partial charge in [-0.2, -0.15) is 0 Å². The summed E-state index contributed by atoms with van der Waals surface area (Å²) in [5, 5.41) is 8.83. The topological polar surface area (TPSA) is 101 Å². The molecule has 24 heavy (non-hydrogen) atoms. The van der Waals surface area contributed by atoms with Crippen molar-refractivity contribution in [2.24, 2.45) is 0 Å². The summed E-state index contributed by atoms with van der Waals surface area (Å²) in [5.41, 5.74) is 1.06. The van der Waals surface area contributed by atoms with E-state index in [0.29, 0.717) is 5.56 Å². The van der Waals surface area contributed by atoms with E-state index in [2.05, 4.69) is 4.72 Å². The third-order valence-electron chi connectivity index (χ3n) is 3.28. The summed E-state index contributed by atoms with van der Waals surface area (Å²) >= 11 is 0. The van der Waals surface area contributed by atoms with Crippen molar-refractivity contribution in [3.63, 3.8) is 0 Å². The molecule has 2 rings (SSSR count). The molecule has 0 heterocycles. The van der Waals surface area contributed by atoms with E-state index in [9.17, 15) is 18.0 Å². The predicted octanol–water partition coefficient (Wildman–Crippen LogP) is 2.19. The number of hydrogen-bond acceptors (Lipinski definition) is 4. The maximum Gasteiger partial charge on any atom is 0.335 e. The van der Waals surface area contributed by atoms with E-state index in [0.717, 1.165) is 0 Å². The zero-order valence-electron chi connectivity index (χ0n) is 12.8. The molecule has 0 aliphatic rings. The minimum atomic E-state index is -3.62. The van der Waals surface area contributed by atoms with Gasteiger partial charge in [0, 0.05) is 5.56 Å². The van der Waals surface area contributed by atoms with Crippen LogP contribution in [0.3, 0.4) is 0 Å².